The quantitative estimate of drug-likeness (QED) is 0.851. The number of hydrogen-bond acceptors (Lipinski definition) is 3. The fourth-order valence-electron chi connectivity index (χ4n) is 2.11. The normalized spacial score (nSPS) is 15.6. The van der Waals surface area contributed by atoms with Crippen LogP contribution in [0.25, 0.3) is 0 Å². The molecular weight excluding hydrogens is 218 g/mol. The van der Waals surface area contributed by atoms with Gasteiger partial charge in [0.25, 0.3) is 5.91 Å². The standard InChI is InChI=1S/C13H19NO3/c1-10-6-9-17-12(10)13(16)14(7-3-8-15)11-4-2-5-11/h6,9,11,15H,2-5,7-8H2,1H3. The minimum atomic E-state index is -0.0364. The van der Waals surface area contributed by atoms with Crippen LogP contribution in [0, 0.1) is 6.92 Å². The van der Waals surface area contributed by atoms with Gasteiger partial charge in [0.1, 0.15) is 0 Å². The summed E-state index contributed by atoms with van der Waals surface area (Å²) in [6.45, 7) is 2.61. The van der Waals surface area contributed by atoms with Crippen LogP contribution in [-0.4, -0.2) is 35.1 Å². The first-order chi connectivity index (χ1) is 8.24. The molecule has 4 heteroatoms. The number of amides is 1. The molecule has 1 amide bonds. The largest absolute Gasteiger partial charge is 0.459 e. The van der Waals surface area contributed by atoms with E-state index in [0.29, 0.717) is 24.8 Å². The molecule has 0 aliphatic heterocycles. The zero-order chi connectivity index (χ0) is 12.3. The van der Waals surface area contributed by atoms with Crippen molar-refractivity contribution in [2.24, 2.45) is 0 Å². The number of carbonyl (C=O) groups is 1. The van der Waals surface area contributed by atoms with Crippen LogP contribution < -0.4 is 0 Å². The molecule has 0 radical (unpaired) electrons. The highest BCUT2D eigenvalue weighted by molar-refractivity contribution is 5.93. The second-order valence-electron chi connectivity index (χ2n) is 4.59. The van der Waals surface area contributed by atoms with Gasteiger partial charge in [0.15, 0.2) is 5.76 Å². The van der Waals surface area contributed by atoms with Crippen molar-refractivity contribution in [3.05, 3.63) is 23.7 Å². The maximum absolute atomic E-state index is 12.3. The van der Waals surface area contributed by atoms with E-state index < -0.39 is 0 Å². The lowest BCUT2D eigenvalue weighted by Gasteiger charge is -2.37. The Bertz CT molecular complexity index is 382. The minimum absolute atomic E-state index is 0.0364. The Balaban J connectivity index is 2.09. The zero-order valence-corrected chi connectivity index (χ0v) is 10.2. The monoisotopic (exact) mass is 237 g/mol. The van der Waals surface area contributed by atoms with Gasteiger partial charge in [-0.1, -0.05) is 0 Å². The topological polar surface area (TPSA) is 53.7 Å². The number of rotatable bonds is 5. The lowest BCUT2D eigenvalue weighted by atomic mass is 9.91. The van der Waals surface area contributed by atoms with Crippen LogP contribution in [0.2, 0.25) is 0 Å². The maximum Gasteiger partial charge on any atom is 0.290 e. The third kappa shape index (κ3) is 2.52. The third-order valence-electron chi connectivity index (χ3n) is 3.39. The van der Waals surface area contributed by atoms with Gasteiger partial charge in [-0.25, -0.2) is 0 Å². The molecule has 0 bridgehead atoms. The number of carbonyl (C=O) groups excluding carboxylic acids is 1. The van der Waals surface area contributed by atoms with E-state index in [1.165, 1.54) is 6.42 Å². The fourth-order valence-corrected chi connectivity index (χ4v) is 2.11. The molecule has 1 aliphatic carbocycles. The van der Waals surface area contributed by atoms with E-state index in [1.54, 1.807) is 12.3 Å². The van der Waals surface area contributed by atoms with Crippen LogP contribution in [0.1, 0.15) is 41.8 Å². The SMILES string of the molecule is Cc1ccoc1C(=O)N(CCCO)C1CCC1. The molecule has 1 aliphatic rings. The Labute approximate surface area is 101 Å². The molecule has 94 valence electrons. The molecule has 4 nitrogen and oxygen atoms in total. The molecule has 2 rings (SSSR count). The molecule has 1 aromatic heterocycles. The predicted molar refractivity (Wildman–Crippen MR) is 63.8 cm³/mol. The first-order valence-corrected chi connectivity index (χ1v) is 6.20. The molecular formula is C13H19NO3. The summed E-state index contributed by atoms with van der Waals surface area (Å²) < 4.78 is 5.25. The first kappa shape index (κ1) is 12.2. The van der Waals surface area contributed by atoms with Crippen molar-refractivity contribution in [1.29, 1.82) is 0 Å². The number of furan rings is 1. The second-order valence-corrected chi connectivity index (χ2v) is 4.59. The second kappa shape index (κ2) is 5.36. The highest BCUT2D eigenvalue weighted by atomic mass is 16.3. The van der Waals surface area contributed by atoms with E-state index in [2.05, 4.69) is 0 Å². The van der Waals surface area contributed by atoms with Crippen molar-refractivity contribution in [3.8, 4) is 0 Å². The van der Waals surface area contributed by atoms with Gasteiger partial charge < -0.3 is 14.4 Å². The van der Waals surface area contributed by atoms with Crippen molar-refractivity contribution >= 4 is 5.91 Å². The smallest absolute Gasteiger partial charge is 0.290 e. The van der Waals surface area contributed by atoms with Crippen LogP contribution >= 0.6 is 0 Å². The van der Waals surface area contributed by atoms with Crippen LogP contribution in [0.4, 0.5) is 0 Å². The van der Waals surface area contributed by atoms with E-state index in [0.717, 1.165) is 18.4 Å². The predicted octanol–water partition coefficient (Wildman–Crippen LogP) is 1.97. The average Bonchev–Trinajstić information content (AvgIpc) is 2.67. The summed E-state index contributed by atoms with van der Waals surface area (Å²) in [5.74, 6) is 0.403. The Morgan fingerprint density at radius 2 is 2.35 bits per heavy atom. The number of aliphatic hydroxyl groups is 1. The molecule has 0 unspecified atom stereocenters. The highest BCUT2D eigenvalue weighted by Gasteiger charge is 2.30. The molecule has 0 spiro atoms. The van der Waals surface area contributed by atoms with E-state index in [-0.39, 0.29) is 12.5 Å². The van der Waals surface area contributed by atoms with Crippen molar-refractivity contribution in [3.63, 3.8) is 0 Å². The van der Waals surface area contributed by atoms with Gasteiger partial charge in [0, 0.05) is 24.8 Å². The maximum atomic E-state index is 12.3. The molecule has 1 heterocycles. The van der Waals surface area contributed by atoms with E-state index >= 15 is 0 Å². The Kier molecular flexibility index (Phi) is 3.84. The highest BCUT2D eigenvalue weighted by Crippen LogP contribution is 2.27. The molecule has 17 heavy (non-hydrogen) atoms. The van der Waals surface area contributed by atoms with Gasteiger partial charge in [0.2, 0.25) is 0 Å². The van der Waals surface area contributed by atoms with E-state index in [9.17, 15) is 4.79 Å². The van der Waals surface area contributed by atoms with Gasteiger partial charge in [0.05, 0.1) is 6.26 Å². The van der Waals surface area contributed by atoms with Gasteiger partial charge in [-0.05, 0) is 38.7 Å². The zero-order valence-electron chi connectivity index (χ0n) is 10.2. The van der Waals surface area contributed by atoms with Crippen molar-refractivity contribution in [1.82, 2.24) is 4.90 Å². The average molecular weight is 237 g/mol. The summed E-state index contributed by atoms with van der Waals surface area (Å²) in [6, 6.07) is 2.14. The van der Waals surface area contributed by atoms with Crippen LogP contribution in [0.5, 0.6) is 0 Å². The number of hydrogen-bond donors (Lipinski definition) is 1. The summed E-state index contributed by atoms with van der Waals surface area (Å²) in [4.78, 5) is 14.2. The van der Waals surface area contributed by atoms with Crippen molar-refractivity contribution in [2.45, 2.75) is 38.6 Å². The minimum Gasteiger partial charge on any atom is -0.459 e. The summed E-state index contributed by atoms with van der Waals surface area (Å²) in [6.07, 6.45) is 5.49. The van der Waals surface area contributed by atoms with Crippen molar-refractivity contribution in [2.75, 3.05) is 13.2 Å². The number of aryl methyl sites for hydroxylation is 1. The first-order valence-electron chi connectivity index (χ1n) is 6.20. The molecule has 0 atom stereocenters. The summed E-state index contributed by atoms with van der Waals surface area (Å²) in [7, 11) is 0. The summed E-state index contributed by atoms with van der Waals surface area (Å²) in [5, 5.41) is 8.89. The molecule has 1 fully saturated rings. The molecule has 1 saturated carbocycles. The van der Waals surface area contributed by atoms with Gasteiger partial charge in [-0.15, -0.1) is 0 Å². The summed E-state index contributed by atoms with van der Waals surface area (Å²) >= 11 is 0. The molecule has 0 saturated heterocycles. The van der Waals surface area contributed by atoms with Gasteiger partial charge >= 0.3 is 0 Å². The lowest BCUT2D eigenvalue weighted by Crippen LogP contribution is -2.45. The van der Waals surface area contributed by atoms with Gasteiger partial charge in [-0.2, -0.15) is 0 Å². The molecule has 1 aromatic rings. The Morgan fingerprint density at radius 3 is 2.82 bits per heavy atom. The fraction of sp³-hybridized carbons (Fsp3) is 0.615. The number of aliphatic hydroxyl groups excluding tert-OH is 1. The van der Waals surface area contributed by atoms with Crippen LogP contribution in [0.15, 0.2) is 16.7 Å². The third-order valence-corrected chi connectivity index (χ3v) is 3.39. The van der Waals surface area contributed by atoms with Crippen LogP contribution in [0.3, 0.4) is 0 Å². The Morgan fingerprint density at radius 1 is 1.59 bits per heavy atom. The Hall–Kier alpha value is -1.29. The lowest BCUT2D eigenvalue weighted by molar-refractivity contribution is 0.0529. The van der Waals surface area contributed by atoms with Crippen LogP contribution in [-0.2, 0) is 0 Å². The van der Waals surface area contributed by atoms with E-state index in [4.69, 9.17) is 9.52 Å². The summed E-state index contributed by atoms with van der Waals surface area (Å²) in [5.41, 5.74) is 0.878. The van der Waals surface area contributed by atoms with Gasteiger partial charge in [-0.3, -0.25) is 4.79 Å². The van der Waals surface area contributed by atoms with Crippen molar-refractivity contribution < 1.29 is 14.3 Å². The van der Waals surface area contributed by atoms with E-state index in [1.807, 2.05) is 11.8 Å². The molecule has 0 aromatic carbocycles. The number of nitrogens with zero attached hydrogens (tertiary/aromatic N) is 1. The molecule has 1 N–H and O–H groups in total.